The quantitative estimate of drug-likeness (QED) is 0.791. The second-order valence-electron chi connectivity index (χ2n) is 3.58. The Bertz CT molecular complexity index is 429. The van der Waals surface area contributed by atoms with E-state index in [0.29, 0.717) is 3.57 Å². The van der Waals surface area contributed by atoms with Crippen LogP contribution in [-0.2, 0) is 4.79 Å². The molecule has 0 radical (unpaired) electrons. The molecule has 1 atom stereocenters. The van der Waals surface area contributed by atoms with Crippen molar-refractivity contribution in [2.45, 2.75) is 12.5 Å². The zero-order chi connectivity index (χ0) is 11.9. The Labute approximate surface area is 104 Å². The van der Waals surface area contributed by atoms with Crippen LogP contribution in [0.15, 0.2) is 12.1 Å². The van der Waals surface area contributed by atoms with E-state index in [1.54, 1.807) is 22.6 Å². The van der Waals surface area contributed by atoms with Crippen molar-refractivity contribution in [1.29, 1.82) is 0 Å². The van der Waals surface area contributed by atoms with E-state index in [1.807, 2.05) is 0 Å². The van der Waals surface area contributed by atoms with Gasteiger partial charge in [-0.1, -0.05) is 0 Å². The molecule has 1 saturated heterocycles. The number of carbonyl (C=O) groups excluding carboxylic acids is 1. The molecule has 0 aromatic heterocycles. The van der Waals surface area contributed by atoms with Gasteiger partial charge in [-0.25, -0.2) is 8.78 Å². The maximum Gasteiger partial charge on any atom is 0.229 e. The first-order valence-electron chi connectivity index (χ1n) is 4.62. The first kappa shape index (κ1) is 11.7. The van der Waals surface area contributed by atoms with E-state index in [1.165, 1.54) is 0 Å². The number of hydrogen-bond acceptors (Lipinski definition) is 2. The number of aliphatic hydroxyl groups excluding tert-OH is 1. The molecule has 3 nitrogen and oxygen atoms in total. The summed E-state index contributed by atoms with van der Waals surface area (Å²) in [6.07, 6.45) is -0.948. The van der Waals surface area contributed by atoms with Crippen LogP contribution in [0.3, 0.4) is 0 Å². The third-order valence-corrected chi connectivity index (χ3v) is 2.98. The summed E-state index contributed by atoms with van der Waals surface area (Å²) in [5, 5.41) is 9.26. The summed E-state index contributed by atoms with van der Waals surface area (Å²) in [6, 6.07) is 2.30. The van der Waals surface area contributed by atoms with Gasteiger partial charge in [0.2, 0.25) is 5.91 Å². The largest absolute Gasteiger partial charge is 0.391 e. The minimum Gasteiger partial charge on any atom is -0.391 e. The summed E-state index contributed by atoms with van der Waals surface area (Å²) in [5.41, 5.74) is -0.373. The lowest BCUT2D eigenvalue weighted by atomic mass is 10.2. The molecule has 1 heterocycles. The van der Waals surface area contributed by atoms with E-state index in [9.17, 15) is 18.7 Å². The average Bonchev–Trinajstić information content (AvgIpc) is 2.43. The van der Waals surface area contributed by atoms with Crippen LogP contribution in [0, 0.1) is 15.2 Å². The van der Waals surface area contributed by atoms with Gasteiger partial charge in [-0.05, 0) is 34.7 Å². The van der Waals surface area contributed by atoms with E-state index < -0.39 is 23.6 Å². The molecule has 0 saturated carbocycles. The first-order chi connectivity index (χ1) is 7.49. The van der Waals surface area contributed by atoms with Crippen molar-refractivity contribution in [3.05, 3.63) is 27.3 Å². The van der Waals surface area contributed by atoms with Crippen LogP contribution < -0.4 is 4.90 Å². The first-order valence-corrected chi connectivity index (χ1v) is 5.70. The zero-order valence-electron chi connectivity index (χ0n) is 8.08. The molecule has 0 aliphatic carbocycles. The molecule has 16 heavy (non-hydrogen) atoms. The molecule has 1 aromatic carbocycles. The van der Waals surface area contributed by atoms with Crippen LogP contribution >= 0.6 is 22.6 Å². The fraction of sp³-hybridized carbons (Fsp3) is 0.300. The van der Waals surface area contributed by atoms with Gasteiger partial charge >= 0.3 is 0 Å². The Morgan fingerprint density at radius 2 is 1.94 bits per heavy atom. The van der Waals surface area contributed by atoms with Crippen molar-refractivity contribution in [2.75, 3.05) is 11.4 Å². The molecular formula is C10H8F2INO2. The van der Waals surface area contributed by atoms with Crippen LogP contribution in [0.25, 0.3) is 0 Å². The van der Waals surface area contributed by atoms with Crippen molar-refractivity contribution < 1.29 is 18.7 Å². The van der Waals surface area contributed by atoms with E-state index in [-0.39, 0.29) is 18.7 Å². The Morgan fingerprint density at radius 3 is 2.38 bits per heavy atom. The third kappa shape index (κ3) is 2.03. The second kappa shape index (κ2) is 4.25. The molecule has 1 unspecified atom stereocenters. The Balaban J connectivity index is 2.44. The lowest BCUT2D eigenvalue weighted by Gasteiger charge is -2.17. The summed E-state index contributed by atoms with van der Waals surface area (Å²) in [6.45, 7) is -0.0622. The number of halogens is 3. The number of rotatable bonds is 1. The van der Waals surface area contributed by atoms with E-state index in [2.05, 4.69) is 0 Å². The Morgan fingerprint density at radius 1 is 1.38 bits per heavy atom. The second-order valence-corrected chi connectivity index (χ2v) is 4.83. The maximum absolute atomic E-state index is 13.5. The van der Waals surface area contributed by atoms with Gasteiger partial charge in [0.25, 0.3) is 0 Å². The monoisotopic (exact) mass is 339 g/mol. The molecule has 1 N–H and O–H groups in total. The number of nitrogens with zero attached hydrogens (tertiary/aromatic N) is 1. The minimum absolute atomic E-state index is 0.0622. The Kier molecular flexibility index (Phi) is 3.11. The topological polar surface area (TPSA) is 40.5 Å². The Hall–Kier alpha value is -0.760. The number of amides is 1. The van der Waals surface area contributed by atoms with Crippen LogP contribution in [0.2, 0.25) is 0 Å². The highest BCUT2D eigenvalue weighted by atomic mass is 127. The third-order valence-electron chi connectivity index (χ3n) is 2.36. The van der Waals surface area contributed by atoms with E-state index >= 15 is 0 Å². The molecule has 6 heteroatoms. The summed E-state index contributed by atoms with van der Waals surface area (Å²) in [5.74, 6) is -2.04. The van der Waals surface area contributed by atoms with Crippen molar-refractivity contribution in [1.82, 2.24) is 0 Å². The number of aliphatic hydroxyl groups is 1. The number of anilines is 1. The van der Waals surface area contributed by atoms with E-state index in [0.717, 1.165) is 17.0 Å². The van der Waals surface area contributed by atoms with Crippen molar-refractivity contribution in [3.8, 4) is 0 Å². The molecule has 1 amide bonds. The molecule has 1 aliphatic rings. The number of β-amino-alcohol motifs (C(OH)–C–C–N with tert-alkyl or cyclic N) is 1. The smallest absolute Gasteiger partial charge is 0.229 e. The molecule has 1 aromatic rings. The van der Waals surface area contributed by atoms with Gasteiger partial charge < -0.3 is 10.0 Å². The molecule has 2 rings (SSSR count). The SMILES string of the molecule is O=C1CC(O)CN1c1c(F)cc(I)cc1F. The molecule has 1 fully saturated rings. The molecule has 1 aliphatic heterocycles. The van der Waals surface area contributed by atoms with Crippen LogP contribution in [0.4, 0.5) is 14.5 Å². The van der Waals surface area contributed by atoms with Crippen LogP contribution in [-0.4, -0.2) is 23.7 Å². The van der Waals surface area contributed by atoms with Gasteiger partial charge in [-0.3, -0.25) is 4.79 Å². The predicted molar refractivity (Wildman–Crippen MR) is 62.1 cm³/mol. The van der Waals surface area contributed by atoms with Crippen LogP contribution in [0.5, 0.6) is 0 Å². The standard InChI is InChI=1S/C10H8F2INO2/c11-7-1-5(13)2-8(12)10(7)14-4-6(15)3-9(14)16/h1-2,6,15H,3-4H2. The van der Waals surface area contributed by atoms with Gasteiger partial charge in [-0.15, -0.1) is 0 Å². The van der Waals surface area contributed by atoms with Gasteiger partial charge in [0.1, 0.15) is 5.69 Å². The summed E-state index contributed by atoms with van der Waals surface area (Å²) in [7, 11) is 0. The summed E-state index contributed by atoms with van der Waals surface area (Å²) >= 11 is 1.79. The maximum atomic E-state index is 13.5. The number of hydrogen-bond donors (Lipinski definition) is 1. The van der Waals surface area contributed by atoms with Crippen molar-refractivity contribution in [3.63, 3.8) is 0 Å². The molecular weight excluding hydrogens is 331 g/mol. The van der Waals surface area contributed by atoms with E-state index in [4.69, 9.17) is 0 Å². The highest BCUT2D eigenvalue weighted by Gasteiger charge is 2.32. The van der Waals surface area contributed by atoms with Gasteiger partial charge in [0, 0.05) is 3.57 Å². The zero-order valence-corrected chi connectivity index (χ0v) is 10.2. The van der Waals surface area contributed by atoms with Crippen molar-refractivity contribution in [2.24, 2.45) is 0 Å². The van der Waals surface area contributed by atoms with Crippen LogP contribution in [0.1, 0.15) is 6.42 Å². The summed E-state index contributed by atoms with van der Waals surface area (Å²) in [4.78, 5) is 12.4. The molecule has 86 valence electrons. The molecule has 0 spiro atoms. The normalized spacial score (nSPS) is 20.6. The summed E-state index contributed by atoms with van der Waals surface area (Å²) < 4.78 is 27.5. The fourth-order valence-corrected chi connectivity index (χ4v) is 2.24. The highest BCUT2D eigenvalue weighted by Crippen LogP contribution is 2.29. The van der Waals surface area contributed by atoms with Crippen molar-refractivity contribution >= 4 is 34.2 Å². The van der Waals surface area contributed by atoms with Gasteiger partial charge in [0.15, 0.2) is 11.6 Å². The minimum atomic E-state index is -0.856. The number of benzene rings is 1. The molecule has 0 bridgehead atoms. The highest BCUT2D eigenvalue weighted by molar-refractivity contribution is 14.1. The average molecular weight is 339 g/mol. The lowest BCUT2D eigenvalue weighted by molar-refractivity contribution is -0.117. The number of carbonyl (C=O) groups is 1. The fourth-order valence-electron chi connectivity index (χ4n) is 1.70. The van der Waals surface area contributed by atoms with Gasteiger partial charge in [0.05, 0.1) is 19.1 Å². The van der Waals surface area contributed by atoms with Gasteiger partial charge in [-0.2, -0.15) is 0 Å². The lowest BCUT2D eigenvalue weighted by Crippen LogP contribution is -2.27. The predicted octanol–water partition coefficient (Wildman–Crippen LogP) is 1.67.